The molecule has 0 aliphatic carbocycles. The van der Waals surface area contributed by atoms with Gasteiger partial charge in [0.25, 0.3) is 0 Å². The molecular formula is C11H10O2S. The molecule has 0 unspecified atom stereocenters. The Morgan fingerprint density at radius 2 is 2.29 bits per heavy atom. The zero-order valence-electron chi connectivity index (χ0n) is 8.03. The smallest absolute Gasteiger partial charge is 0.154 e. The summed E-state index contributed by atoms with van der Waals surface area (Å²) >= 11 is 1.65. The molecule has 0 saturated heterocycles. The van der Waals surface area contributed by atoms with Gasteiger partial charge in [-0.05, 0) is 35.4 Å². The van der Waals surface area contributed by atoms with E-state index in [1.54, 1.807) is 18.4 Å². The first-order chi connectivity index (χ1) is 6.77. The topological polar surface area (TPSA) is 26.3 Å². The third-order valence-corrected chi connectivity index (χ3v) is 3.23. The third-order valence-electron chi connectivity index (χ3n) is 2.37. The van der Waals surface area contributed by atoms with E-state index in [1.165, 1.54) is 0 Å². The van der Waals surface area contributed by atoms with Gasteiger partial charge in [0.05, 0.1) is 12.7 Å². The van der Waals surface area contributed by atoms with Crippen molar-refractivity contribution in [3.05, 3.63) is 28.6 Å². The van der Waals surface area contributed by atoms with Crippen LogP contribution in [0.1, 0.15) is 15.9 Å². The lowest BCUT2D eigenvalue weighted by molar-refractivity contribution is 0.112. The van der Waals surface area contributed by atoms with E-state index in [-0.39, 0.29) is 0 Å². The lowest BCUT2D eigenvalue weighted by Crippen LogP contribution is -1.93. The van der Waals surface area contributed by atoms with Gasteiger partial charge in [0.15, 0.2) is 6.29 Å². The van der Waals surface area contributed by atoms with Crippen LogP contribution in [0.3, 0.4) is 0 Å². The van der Waals surface area contributed by atoms with Crippen molar-refractivity contribution >= 4 is 27.7 Å². The van der Waals surface area contributed by atoms with Crippen LogP contribution in [-0.2, 0) is 0 Å². The highest BCUT2D eigenvalue weighted by Gasteiger charge is 2.10. The molecule has 1 aromatic heterocycles. The quantitative estimate of drug-likeness (QED) is 0.706. The van der Waals surface area contributed by atoms with Crippen LogP contribution in [0.15, 0.2) is 17.5 Å². The molecule has 3 heteroatoms. The lowest BCUT2D eigenvalue weighted by atomic mass is 10.1. The van der Waals surface area contributed by atoms with Crippen molar-refractivity contribution < 1.29 is 9.53 Å². The second kappa shape index (κ2) is 3.42. The van der Waals surface area contributed by atoms with E-state index in [4.69, 9.17) is 4.74 Å². The van der Waals surface area contributed by atoms with Crippen LogP contribution in [0.4, 0.5) is 0 Å². The first kappa shape index (κ1) is 9.21. The molecule has 14 heavy (non-hydrogen) atoms. The fraction of sp³-hybridized carbons (Fsp3) is 0.182. The lowest BCUT2D eigenvalue weighted by Gasteiger charge is -2.07. The maximum absolute atomic E-state index is 10.9. The summed E-state index contributed by atoms with van der Waals surface area (Å²) in [4.78, 5) is 10.9. The van der Waals surface area contributed by atoms with Crippen molar-refractivity contribution in [2.75, 3.05) is 7.11 Å². The number of carbonyl (C=O) groups is 1. The molecule has 2 rings (SSSR count). The number of thiophene rings is 1. The number of hydrogen-bond acceptors (Lipinski definition) is 3. The molecule has 0 N–H and O–H groups in total. The van der Waals surface area contributed by atoms with Crippen molar-refractivity contribution in [1.29, 1.82) is 0 Å². The summed E-state index contributed by atoms with van der Waals surface area (Å²) in [5.41, 5.74) is 1.65. The minimum Gasteiger partial charge on any atom is -0.496 e. The van der Waals surface area contributed by atoms with Crippen molar-refractivity contribution in [2.45, 2.75) is 6.92 Å². The second-order valence-corrected chi connectivity index (χ2v) is 4.02. The summed E-state index contributed by atoms with van der Waals surface area (Å²) in [6.45, 7) is 1.95. The van der Waals surface area contributed by atoms with E-state index in [0.717, 1.165) is 21.9 Å². The fourth-order valence-corrected chi connectivity index (χ4v) is 2.46. The summed E-state index contributed by atoms with van der Waals surface area (Å²) < 4.78 is 6.33. The van der Waals surface area contributed by atoms with Crippen LogP contribution in [0.5, 0.6) is 5.75 Å². The number of hydrogen-bond donors (Lipinski definition) is 0. The molecule has 0 radical (unpaired) electrons. The van der Waals surface area contributed by atoms with Gasteiger partial charge in [-0.15, -0.1) is 11.3 Å². The first-order valence-corrected chi connectivity index (χ1v) is 5.16. The Bertz CT molecular complexity index is 485. The highest BCUT2D eigenvalue weighted by atomic mass is 32.1. The van der Waals surface area contributed by atoms with Crippen LogP contribution < -0.4 is 4.74 Å². The van der Waals surface area contributed by atoms with Crippen molar-refractivity contribution in [2.24, 2.45) is 0 Å². The van der Waals surface area contributed by atoms with E-state index in [1.807, 2.05) is 24.4 Å². The second-order valence-electron chi connectivity index (χ2n) is 3.07. The van der Waals surface area contributed by atoms with Gasteiger partial charge in [0, 0.05) is 4.70 Å². The number of aldehydes is 1. The Labute approximate surface area is 86.1 Å². The van der Waals surface area contributed by atoms with Crippen LogP contribution in [0, 0.1) is 6.92 Å². The zero-order valence-corrected chi connectivity index (χ0v) is 8.85. The average molecular weight is 206 g/mol. The molecule has 72 valence electrons. The Hall–Kier alpha value is -1.35. The van der Waals surface area contributed by atoms with E-state index in [0.29, 0.717) is 11.3 Å². The van der Waals surface area contributed by atoms with Crippen molar-refractivity contribution in [1.82, 2.24) is 0 Å². The number of fused-ring (bicyclic) bond motifs is 1. The van der Waals surface area contributed by atoms with Crippen LogP contribution >= 0.6 is 11.3 Å². The minimum atomic E-state index is 0.651. The van der Waals surface area contributed by atoms with Crippen molar-refractivity contribution in [3.63, 3.8) is 0 Å². The predicted molar refractivity (Wildman–Crippen MR) is 58.5 cm³/mol. The molecule has 2 nitrogen and oxygen atoms in total. The van der Waals surface area contributed by atoms with E-state index in [2.05, 4.69) is 0 Å². The fourth-order valence-electron chi connectivity index (χ4n) is 1.58. The molecule has 0 aliphatic rings. The molecular weight excluding hydrogens is 196 g/mol. The molecule has 0 spiro atoms. The van der Waals surface area contributed by atoms with Gasteiger partial charge in [0.2, 0.25) is 0 Å². The molecule has 0 fully saturated rings. The van der Waals surface area contributed by atoms with Crippen molar-refractivity contribution in [3.8, 4) is 5.75 Å². The molecule has 0 bridgehead atoms. The number of rotatable bonds is 2. The van der Waals surface area contributed by atoms with E-state index >= 15 is 0 Å². The SMILES string of the molecule is COc1cc2sccc2c(C)c1C=O. The van der Waals surface area contributed by atoms with E-state index in [9.17, 15) is 4.79 Å². The first-order valence-electron chi connectivity index (χ1n) is 4.28. The van der Waals surface area contributed by atoms with Crippen LogP contribution in [0.25, 0.3) is 10.1 Å². The number of benzene rings is 1. The molecule has 0 saturated carbocycles. The van der Waals surface area contributed by atoms with Gasteiger partial charge in [-0.25, -0.2) is 0 Å². The monoisotopic (exact) mass is 206 g/mol. The molecule has 0 aliphatic heterocycles. The molecule has 1 heterocycles. The van der Waals surface area contributed by atoms with Gasteiger partial charge < -0.3 is 4.74 Å². The number of ether oxygens (including phenoxy) is 1. The molecule has 1 aromatic carbocycles. The Kier molecular flexibility index (Phi) is 2.25. The Balaban J connectivity index is 2.85. The Morgan fingerprint density at radius 3 is 2.93 bits per heavy atom. The normalized spacial score (nSPS) is 10.4. The van der Waals surface area contributed by atoms with Gasteiger partial charge in [-0.2, -0.15) is 0 Å². The standard InChI is InChI=1S/C11H10O2S/c1-7-8-3-4-14-11(8)5-10(13-2)9(7)6-12/h3-6H,1-2H3. The number of aryl methyl sites for hydroxylation is 1. The maximum atomic E-state index is 10.9. The van der Waals surface area contributed by atoms with Gasteiger partial charge in [-0.1, -0.05) is 0 Å². The molecule has 0 amide bonds. The summed E-state index contributed by atoms with van der Waals surface area (Å²) in [6.07, 6.45) is 0.852. The largest absolute Gasteiger partial charge is 0.496 e. The minimum absolute atomic E-state index is 0.651. The zero-order chi connectivity index (χ0) is 10.1. The van der Waals surface area contributed by atoms with Gasteiger partial charge >= 0.3 is 0 Å². The summed E-state index contributed by atoms with van der Waals surface area (Å²) in [7, 11) is 1.58. The number of carbonyl (C=O) groups excluding carboxylic acids is 1. The van der Waals surface area contributed by atoms with E-state index < -0.39 is 0 Å². The van der Waals surface area contributed by atoms with Gasteiger partial charge in [0.1, 0.15) is 5.75 Å². The number of methoxy groups -OCH3 is 1. The highest BCUT2D eigenvalue weighted by Crippen LogP contribution is 2.32. The average Bonchev–Trinajstić information content (AvgIpc) is 2.65. The highest BCUT2D eigenvalue weighted by molar-refractivity contribution is 7.17. The molecule has 2 aromatic rings. The Morgan fingerprint density at radius 1 is 1.50 bits per heavy atom. The summed E-state index contributed by atoms with van der Waals surface area (Å²) in [5.74, 6) is 0.660. The molecule has 0 atom stereocenters. The predicted octanol–water partition coefficient (Wildman–Crippen LogP) is 3.03. The van der Waals surface area contributed by atoms with Crippen LogP contribution in [0.2, 0.25) is 0 Å². The van der Waals surface area contributed by atoms with Gasteiger partial charge in [-0.3, -0.25) is 4.79 Å². The summed E-state index contributed by atoms with van der Waals surface area (Å²) in [5, 5.41) is 3.16. The maximum Gasteiger partial charge on any atom is 0.154 e. The third kappa shape index (κ3) is 1.21. The van der Waals surface area contributed by atoms with Crippen LogP contribution in [-0.4, -0.2) is 13.4 Å². The summed E-state index contributed by atoms with van der Waals surface area (Å²) in [6, 6.07) is 3.94.